The van der Waals surface area contributed by atoms with Crippen LogP contribution in [0.2, 0.25) is 30.1 Å². The van der Waals surface area contributed by atoms with E-state index in [4.69, 9.17) is 74.3 Å². The first-order chi connectivity index (χ1) is 9.31. The normalized spacial score (nSPS) is 10.7. The largest absolute Gasteiger partial charge is 0.504 e. The van der Waals surface area contributed by atoms with Gasteiger partial charge in [0.15, 0.2) is 17.2 Å². The third-order valence-electron chi connectivity index (χ3n) is 2.29. The van der Waals surface area contributed by atoms with E-state index < -0.39 is 0 Å². The number of halogens is 6. The van der Waals surface area contributed by atoms with Gasteiger partial charge in [-0.05, 0) is 6.07 Å². The lowest BCUT2D eigenvalue weighted by atomic mass is 10.3. The van der Waals surface area contributed by atoms with Gasteiger partial charge in [0.05, 0.1) is 20.1 Å². The second kappa shape index (κ2) is 6.27. The number of phenolic OH excluding ortho intramolecular Hbond substituents is 1. The van der Waals surface area contributed by atoms with Gasteiger partial charge in [0.25, 0.3) is 0 Å². The Kier molecular flexibility index (Phi) is 5.06. The molecule has 0 fully saturated rings. The summed E-state index contributed by atoms with van der Waals surface area (Å²) in [7, 11) is 0. The van der Waals surface area contributed by atoms with Gasteiger partial charge in [-0.25, -0.2) is 0 Å². The van der Waals surface area contributed by atoms with Crippen LogP contribution in [0.3, 0.4) is 0 Å². The maximum Gasteiger partial charge on any atom is 0.170 e. The predicted molar refractivity (Wildman–Crippen MR) is 84.7 cm³/mol. The Morgan fingerprint density at radius 1 is 0.700 bits per heavy atom. The summed E-state index contributed by atoms with van der Waals surface area (Å²) in [4.78, 5) is 0. The third-order valence-corrected chi connectivity index (χ3v) is 4.55. The molecule has 0 atom stereocenters. The van der Waals surface area contributed by atoms with E-state index in [1.54, 1.807) is 0 Å². The Balaban J connectivity index is 2.53. The van der Waals surface area contributed by atoms with Crippen molar-refractivity contribution < 1.29 is 9.84 Å². The van der Waals surface area contributed by atoms with Crippen LogP contribution in [-0.2, 0) is 0 Å². The van der Waals surface area contributed by atoms with Gasteiger partial charge in [-0.2, -0.15) is 0 Å². The van der Waals surface area contributed by atoms with Gasteiger partial charge in [0.2, 0.25) is 0 Å². The minimum absolute atomic E-state index is 0.0134. The lowest BCUT2D eigenvalue weighted by Crippen LogP contribution is -1.89. The standard InChI is InChI=1S/C12H4Cl6O2/c13-4-2-8(19)9(3-5(4)14)20-12-10(17)6(15)1-7(16)11(12)18/h1-3,19H. The maximum absolute atomic E-state index is 9.78. The van der Waals surface area contributed by atoms with Crippen molar-refractivity contribution in [2.45, 2.75) is 0 Å². The van der Waals surface area contributed by atoms with Gasteiger partial charge >= 0.3 is 0 Å². The van der Waals surface area contributed by atoms with Gasteiger partial charge in [0, 0.05) is 12.1 Å². The Morgan fingerprint density at radius 2 is 1.20 bits per heavy atom. The SMILES string of the molecule is Oc1cc(Cl)c(Cl)cc1Oc1c(Cl)c(Cl)cc(Cl)c1Cl. The highest BCUT2D eigenvalue weighted by atomic mass is 35.5. The van der Waals surface area contributed by atoms with Crippen molar-refractivity contribution in [3.8, 4) is 17.2 Å². The van der Waals surface area contributed by atoms with Crippen LogP contribution >= 0.6 is 69.6 Å². The van der Waals surface area contributed by atoms with E-state index in [2.05, 4.69) is 0 Å². The zero-order valence-electron chi connectivity index (χ0n) is 9.36. The van der Waals surface area contributed by atoms with Crippen molar-refractivity contribution in [3.63, 3.8) is 0 Å². The fraction of sp³-hybridized carbons (Fsp3) is 0. The van der Waals surface area contributed by atoms with Crippen LogP contribution in [0.1, 0.15) is 0 Å². The fourth-order valence-electron chi connectivity index (χ4n) is 1.35. The van der Waals surface area contributed by atoms with Crippen LogP contribution in [0.4, 0.5) is 0 Å². The summed E-state index contributed by atoms with van der Waals surface area (Å²) in [5.41, 5.74) is 0. The number of hydrogen-bond donors (Lipinski definition) is 1. The number of benzene rings is 2. The average molecular weight is 393 g/mol. The number of ether oxygens (including phenoxy) is 1. The minimum Gasteiger partial charge on any atom is -0.504 e. The van der Waals surface area contributed by atoms with Crippen LogP contribution in [-0.4, -0.2) is 5.11 Å². The van der Waals surface area contributed by atoms with Gasteiger partial charge in [-0.3, -0.25) is 0 Å². The molecule has 2 aromatic carbocycles. The molecule has 106 valence electrons. The lowest BCUT2D eigenvalue weighted by molar-refractivity contribution is 0.411. The summed E-state index contributed by atoms with van der Waals surface area (Å²) in [6.07, 6.45) is 0. The first kappa shape index (κ1) is 16.2. The summed E-state index contributed by atoms with van der Waals surface area (Å²) in [6.45, 7) is 0. The molecular weight excluding hydrogens is 389 g/mol. The van der Waals surface area contributed by atoms with E-state index in [-0.39, 0.29) is 47.4 Å². The molecule has 0 aliphatic heterocycles. The first-order valence-electron chi connectivity index (χ1n) is 5.00. The summed E-state index contributed by atoms with van der Waals surface area (Å²) in [5, 5.41) is 10.6. The van der Waals surface area contributed by atoms with Gasteiger partial charge < -0.3 is 9.84 Å². The Labute approximate surface area is 144 Å². The summed E-state index contributed by atoms with van der Waals surface area (Å²) >= 11 is 35.4. The smallest absolute Gasteiger partial charge is 0.170 e. The van der Waals surface area contributed by atoms with Crippen LogP contribution in [0, 0.1) is 0 Å². The van der Waals surface area contributed by atoms with Gasteiger partial charge in [0.1, 0.15) is 10.0 Å². The number of rotatable bonds is 2. The van der Waals surface area contributed by atoms with Crippen LogP contribution in [0.5, 0.6) is 17.2 Å². The molecule has 0 aromatic heterocycles. The molecular formula is C12H4Cl6O2. The Morgan fingerprint density at radius 3 is 1.75 bits per heavy atom. The van der Waals surface area contributed by atoms with E-state index in [9.17, 15) is 5.11 Å². The first-order valence-corrected chi connectivity index (χ1v) is 7.27. The molecule has 0 saturated heterocycles. The molecule has 20 heavy (non-hydrogen) atoms. The topological polar surface area (TPSA) is 29.5 Å². The number of aromatic hydroxyl groups is 1. The van der Waals surface area contributed by atoms with Gasteiger partial charge in [-0.1, -0.05) is 69.6 Å². The van der Waals surface area contributed by atoms with Crippen molar-refractivity contribution >= 4 is 69.6 Å². The highest BCUT2D eigenvalue weighted by Gasteiger charge is 2.18. The molecule has 0 radical (unpaired) electrons. The molecule has 0 aliphatic rings. The molecule has 0 amide bonds. The molecule has 8 heteroatoms. The van der Waals surface area contributed by atoms with Crippen LogP contribution in [0.15, 0.2) is 18.2 Å². The zero-order chi connectivity index (χ0) is 15.0. The van der Waals surface area contributed by atoms with Crippen LogP contribution < -0.4 is 4.74 Å². The second-order valence-corrected chi connectivity index (χ2v) is 6.02. The third kappa shape index (κ3) is 3.16. The second-order valence-electron chi connectivity index (χ2n) is 3.63. The molecule has 0 saturated carbocycles. The molecule has 0 bridgehead atoms. The molecule has 0 heterocycles. The number of hydrogen-bond acceptors (Lipinski definition) is 2. The van der Waals surface area contributed by atoms with Crippen LogP contribution in [0.25, 0.3) is 0 Å². The molecule has 0 unspecified atom stereocenters. The van der Waals surface area contributed by atoms with E-state index in [1.807, 2.05) is 0 Å². The molecule has 2 nitrogen and oxygen atoms in total. The highest BCUT2D eigenvalue weighted by Crippen LogP contribution is 2.47. The zero-order valence-corrected chi connectivity index (χ0v) is 13.9. The van der Waals surface area contributed by atoms with Crippen molar-refractivity contribution in [2.24, 2.45) is 0 Å². The molecule has 2 aromatic rings. The Bertz CT molecular complexity index is 660. The van der Waals surface area contributed by atoms with Gasteiger partial charge in [-0.15, -0.1) is 0 Å². The highest BCUT2D eigenvalue weighted by molar-refractivity contribution is 6.48. The van der Waals surface area contributed by atoms with E-state index >= 15 is 0 Å². The predicted octanol–water partition coefficient (Wildman–Crippen LogP) is 7.10. The van der Waals surface area contributed by atoms with E-state index in [1.165, 1.54) is 18.2 Å². The van der Waals surface area contributed by atoms with Crippen molar-refractivity contribution in [3.05, 3.63) is 48.3 Å². The quantitative estimate of drug-likeness (QED) is 0.552. The molecule has 2 rings (SSSR count). The maximum atomic E-state index is 9.78. The van der Waals surface area contributed by atoms with E-state index in [0.717, 1.165) is 0 Å². The molecule has 1 N–H and O–H groups in total. The van der Waals surface area contributed by atoms with Crippen molar-refractivity contribution in [1.82, 2.24) is 0 Å². The molecule has 0 spiro atoms. The summed E-state index contributed by atoms with van der Waals surface area (Å²) in [6, 6.07) is 3.93. The molecule has 0 aliphatic carbocycles. The summed E-state index contributed by atoms with van der Waals surface area (Å²) in [5.74, 6) is -0.205. The monoisotopic (exact) mass is 390 g/mol. The fourth-order valence-corrected chi connectivity index (χ4v) is 2.53. The number of phenols is 1. The van der Waals surface area contributed by atoms with E-state index in [0.29, 0.717) is 0 Å². The Hall–Kier alpha value is -0.220. The average Bonchev–Trinajstić information content (AvgIpc) is 2.38. The van der Waals surface area contributed by atoms with Crippen molar-refractivity contribution in [2.75, 3.05) is 0 Å². The summed E-state index contributed by atoms with van der Waals surface area (Å²) < 4.78 is 5.44. The van der Waals surface area contributed by atoms with Crippen molar-refractivity contribution in [1.29, 1.82) is 0 Å². The lowest BCUT2D eigenvalue weighted by Gasteiger charge is -2.13. The minimum atomic E-state index is -0.234.